The number of hydrogen-bond acceptors (Lipinski definition) is 6. The van der Waals surface area contributed by atoms with Crippen molar-refractivity contribution in [1.29, 1.82) is 0 Å². The third kappa shape index (κ3) is 6.48. The molecule has 11 heteroatoms. The molecule has 0 radical (unpaired) electrons. The second-order valence-corrected chi connectivity index (χ2v) is 5.71. The number of ether oxygens (including phenoxy) is 1. The predicted molar refractivity (Wildman–Crippen MR) is 96.3 cm³/mol. The second kappa shape index (κ2) is 9.53. The number of rotatable bonds is 8. The van der Waals surface area contributed by atoms with Crippen molar-refractivity contribution in [3.63, 3.8) is 0 Å². The Balaban J connectivity index is 1.80. The van der Waals surface area contributed by atoms with Crippen molar-refractivity contribution in [2.75, 3.05) is 25.0 Å². The van der Waals surface area contributed by atoms with E-state index in [4.69, 9.17) is 4.74 Å². The molecule has 0 saturated heterocycles. The van der Waals surface area contributed by atoms with E-state index in [1.807, 2.05) is 0 Å². The molecule has 8 nitrogen and oxygen atoms in total. The summed E-state index contributed by atoms with van der Waals surface area (Å²) in [4.78, 5) is 33.4. The fourth-order valence-corrected chi connectivity index (χ4v) is 2.25. The number of nitrogens with zero attached hydrogens (tertiary/aromatic N) is 1. The number of nitro benzene ring substituents is 1. The van der Waals surface area contributed by atoms with E-state index < -0.39 is 40.8 Å². The maximum atomic E-state index is 12.7. The molecule has 0 heterocycles. The molecule has 0 fully saturated rings. The summed E-state index contributed by atoms with van der Waals surface area (Å²) in [5.41, 5.74) is -1.70. The highest BCUT2D eigenvalue weighted by molar-refractivity contribution is 5.91. The van der Waals surface area contributed by atoms with Crippen molar-refractivity contribution >= 4 is 23.3 Å². The van der Waals surface area contributed by atoms with Crippen molar-refractivity contribution in [2.45, 2.75) is 6.18 Å². The van der Waals surface area contributed by atoms with Gasteiger partial charge in [0.15, 0.2) is 6.61 Å². The standard InChI is InChI=1S/C18H16F3N3O5/c19-18(20,21)13-6-7-14(15(10-13)24(27)28)22-8-9-23-16(25)11-29-17(26)12-4-2-1-3-5-12/h1-7,10,22H,8-9,11H2,(H,23,25). The lowest BCUT2D eigenvalue weighted by Gasteiger charge is -2.11. The van der Waals surface area contributed by atoms with E-state index in [0.717, 1.165) is 12.1 Å². The third-order valence-corrected chi connectivity index (χ3v) is 3.63. The number of hydrogen-bond donors (Lipinski definition) is 2. The van der Waals surface area contributed by atoms with Gasteiger partial charge >= 0.3 is 12.1 Å². The van der Waals surface area contributed by atoms with Gasteiger partial charge in [-0.25, -0.2) is 4.79 Å². The molecule has 0 aliphatic carbocycles. The molecule has 0 bridgehead atoms. The van der Waals surface area contributed by atoms with Gasteiger partial charge in [-0.15, -0.1) is 0 Å². The van der Waals surface area contributed by atoms with E-state index in [2.05, 4.69) is 10.6 Å². The molecule has 0 aliphatic heterocycles. The SMILES string of the molecule is O=C(COC(=O)c1ccccc1)NCCNc1ccc(C(F)(F)F)cc1[N+](=O)[O-]. The van der Waals surface area contributed by atoms with E-state index in [1.54, 1.807) is 18.2 Å². The minimum atomic E-state index is -4.70. The largest absolute Gasteiger partial charge is 0.452 e. The number of benzene rings is 2. The number of carbonyl (C=O) groups excluding carboxylic acids is 2. The Bertz CT molecular complexity index is 888. The summed E-state index contributed by atoms with van der Waals surface area (Å²) >= 11 is 0. The first kappa shape index (κ1) is 21.7. The lowest BCUT2D eigenvalue weighted by molar-refractivity contribution is -0.384. The molecule has 0 saturated carbocycles. The molecule has 0 spiro atoms. The second-order valence-electron chi connectivity index (χ2n) is 5.71. The molecule has 0 unspecified atom stereocenters. The Morgan fingerprint density at radius 3 is 2.38 bits per heavy atom. The van der Waals surface area contributed by atoms with Crippen molar-refractivity contribution in [1.82, 2.24) is 5.32 Å². The fraction of sp³-hybridized carbons (Fsp3) is 0.222. The monoisotopic (exact) mass is 411 g/mol. The first-order chi connectivity index (χ1) is 13.7. The Kier molecular flexibility index (Phi) is 7.12. The summed E-state index contributed by atoms with van der Waals surface area (Å²) in [6.45, 7) is -0.515. The normalized spacial score (nSPS) is 10.9. The van der Waals surface area contributed by atoms with Gasteiger partial charge < -0.3 is 15.4 Å². The highest BCUT2D eigenvalue weighted by atomic mass is 19.4. The lowest BCUT2D eigenvalue weighted by atomic mass is 10.1. The highest BCUT2D eigenvalue weighted by Gasteiger charge is 2.33. The Hall–Kier alpha value is -3.63. The summed E-state index contributed by atoms with van der Waals surface area (Å²) in [7, 11) is 0. The molecule has 2 aromatic carbocycles. The van der Waals surface area contributed by atoms with Crippen LogP contribution in [0.1, 0.15) is 15.9 Å². The fourth-order valence-electron chi connectivity index (χ4n) is 2.25. The number of amides is 1. The number of carbonyl (C=O) groups is 2. The molecule has 2 N–H and O–H groups in total. The summed E-state index contributed by atoms with van der Waals surface area (Å²) in [6, 6.07) is 10.2. The van der Waals surface area contributed by atoms with Gasteiger partial charge in [0.2, 0.25) is 0 Å². The van der Waals surface area contributed by atoms with Crippen molar-refractivity contribution in [3.05, 3.63) is 69.8 Å². The third-order valence-electron chi connectivity index (χ3n) is 3.63. The van der Waals surface area contributed by atoms with Crippen LogP contribution in [0.3, 0.4) is 0 Å². The van der Waals surface area contributed by atoms with Gasteiger partial charge in [-0.05, 0) is 24.3 Å². The minimum absolute atomic E-state index is 0.000102. The zero-order valence-electron chi connectivity index (χ0n) is 14.9. The Morgan fingerprint density at radius 1 is 1.07 bits per heavy atom. The maximum Gasteiger partial charge on any atom is 0.416 e. The van der Waals surface area contributed by atoms with E-state index in [9.17, 15) is 32.9 Å². The van der Waals surface area contributed by atoms with E-state index >= 15 is 0 Å². The number of anilines is 1. The highest BCUT2D eigenvalue weighted by Crippen LogP contribution is 2.34. The molecule has 2 rings (SSSR count). The van der Waals surface area contributed by atoms with Crippen LogP contribution in [0.2, 0.25) is 0 Å². The average Bonchev–Trinajstić information content (AvgIpc) is 2.69. The van der Waals surface area contributed by atoms with Crippen LogP contribution < -0.4 is 10.6 Å². The van der Waals surface area contributed by atoms with Crippen LogP contribution in [0.5, 0.6) is 0 Å². The molecule has 154 valence electrons. The minimum Gasteiger partial charge on any atom is -0.452 e. The molecule has 0 aliphatic rings. The summed E-state index contributed by atoms with van der Waals surface area (Å²) in [5, 5.41) is 16.0. The number of halogens is 3. The molecule has 0 aromatic heterocycles. The van der Waals surface area contributed by atoms with Gasteiger partial charge in [0.25, 0.3) is 11.6 Å². The molecular formula is C18H16F3N3O5. The Labute approximate surface area is 162 Å². The van der Waals surface area contributed by atoms with Crippen LogP contribution in [-0.4, -0.2) is 36.5 Å². The van der Waals surface area contributed by atoms with Crippen LogP contribution in [0.4, 0.5) is 24.5 Å². The van der Waals surface area contributed by atoms with E-state index in [0.29, 0.717) is 6.07 Å². The van der Waals surface area contributed by atoms with Crippen LogP contribution in [0, 0.1) is 10.1 Å². The number of esters is 1. The van der Waals surface area contributed by atoms with Crippen molar-refractivity contribution < 1.29 is 32.4 Å². The maximum absolute atomic E-state index is 12.7. The predicted octanol–water partition coefficient (Wildman–Crippen LogP) is 3.00. The quantitative estimate of drug-likeness (QED) is 0.299. The van der Waals surface area contributed by atoms with Crippen molar-refractivity contribution in [3.8, 4) is 0 Å². The van der Waals surface area contributed by atoms with E-state index in [1.165, 1.54) is 12.1 Å². The van der Waals surface area contributed by atoms with Gasteiger partial charge in [-0.1, -0.05) is 18.2 Å². The number of nitrogens with one attached hydrogen (secondary N) is 2. The summed E-state index contributed by atoms with van der Waals surface area (Å²) in [6.07, 6.45) is -4.70. The van der Waals surface area contributed by atoms with Gasteiger partial charge in [0.1, 0.15) is 5.69 Å². The van der Waals surface area contributed by atoms with Crippen LogP contribution in [0.25, 0.3) is 0 Å². The van der Waals surface area contributed by atoms with Gasteiger partial charge in [-0.2, -0.15) is 13.2 Å². The van der Waals surface area contributed by atoms with Crippen LogP contribution in [0.15, 0.2) is 48.5 Å². The number of alkyl halides is 3. The molecular weight excluding hydrogens is 395 g/mol. The molecule has 0 atom stereocenters. The Morgan fingerprint density at radius 2 is 1.76 bits per heavy atom. The first-order valence-electron chi connectivity index (χ1n) is 8.27. The van der Waals surface area contributed by atoms with E-state index in [-0.39, 0.29) is 24.3 Å². The topological polar surface area (TPSA) is 111 Å². The first-order valence-corrected chi connectivity index (χ1v) is 8.27. The zero-order valence-corrected chi connectivity index (χ0v) is 14.9. The van der Waals surface area contributed by atoms with Gasteiger partial charge in [0, 0.05) is 19.2 Å². The van der Waals surface area contributed by atoms with Crippen LogP contribution >= 0.6 is 0 Å². The number of nitro groups is 1. The van der Waals surface area contributed by atoms with Gasteiger partial charge in [-0.3, -0.25) is 14.9 Å². The van der Waals surface area contributed by atoms with Crippen molar-refractivity contribution in [2.24, 2.45) is 0 Å². The molecule has 2 aromatic rings. The molecule has 1 amide bonds. The zero-order chi connectivity index (χ0) is 21.4. The van der Waals surface area contributed by atoms with Crippen LogP contribution in [-0.2, 0) is 15.7 Å². The molecule has 29 heavy (non-hydrogen) atoms. The summed E-state index contributed by atoms with van der Waals surface area (Å²) in [5.74, 6) is -1.27. The lowest BCUT2D eigenvalue weighted by Crippen LogP contribution is -2.32. The average molecular weight is 411 g/mol. The van der Waals surface area contributed by atoms with Gasteiger partial charge in [0.05, 0.1) is 16.1 Å². The smallest absolute Gasteiger partial charge is 0.416 e. The summed E-state index contributed by atoms with van der Waals surface area (Å²) < 4.78 is 42.8.